The Balaban J connectivity index is 1.84. The second kappa shape index (κ2) is 7.56. The standard InChI is InChI=1S/C17H17N5O4S/c18-27(25,26)15-6-7-16(17(10-15)22(23)24)19-11-13-4-1-2-5-14(13)12-21-9-3-8-20-21/h1-10,19H,11-12H2,(H2,18,25,26). The number of primary sulfonamides is 1. The van der Waals surface area contributed by atoms with Crippen LogP contribution in [0.1, 0.15) is 11.1 Å². The predicted molar refractivity (Wildman–Crippen MR) is 99.6 cm³/mol. The van der Waals surface area contributed by atoms with Gasteiger partial charge in [0.1, 0.15) is 5.69 Å². The summed E-state index contributed by atoms with van der Waals surface area (Å²) in [6, 6.07) is 13.0. The van der Waals surface area contributed by atoms with Crippen LogP contribution >= 0.6 is 0 Å². The molecule has 0 aliphatic heterocycles. The maximum absolute atomic E-state index is 11.4. The normalized spacial score (nSPS) is 11.3. The van der Waals surface area contributed by atoms with Crippen LogP contribution in [-0.2, 0) is 23.1 Å². The largest absolute Gasteiger partial charge is 0.375 e. The summed E-state index contributed by atoms with van der Waals surface area (Å²) in [4.78, 5) is 10.4. The van der Waals surface area contributed by atoms with Gasteiger partial charge in [0.2, 0.25) is 10.0 Å². The highest BCUT2D eigenvalue weighted by molar-refractivity contribution is 7.89. The fraction of sp³-hybridized carbons (Fsp3) is 0.118. The van der Waals surface area contributed by atoms with E-state index in [2.05, 4.69) is 10.4 Å². The lowest BCUT2D eigenvalue weighted by Crippen LogP contribution is -2.13. The number of nitrogens with zero attached hydrogens (tertiary/aromatic N) is 3. The lowest BCUT2D eigenvalue weighted by molar-refractivity contribution is -0.384. The Morgan fingerprint density at radius 1 is 1.15 bits per heavy atom. The zero-order valence-corrected chi connectivity index (χ0v) is 15.0. The third kappa shape index (κ3) is 4.49. The first-order valence-corrected chi connectivity index (χ1v) is 9.48. The van der Waals surface area contributed by atoms with E-state index in [-0.39, 0.29) is 16.3 Å². The molecule has 3 aromatic rings. The van der Waals surface area contributed by atoms with Gasteiger partial charge in [-0.1, -0.05) is 24.3 Å². The number of hydrogen-bond donors (Lipinski definition) is 2. The Hall–Kier alpha value is -3.24. The Morgan fingerprint density at radius 3 is 2.52 bits per heavy atom. The van der Waals surface area contributed by atoms with Gasteiger partial charge in [-0.15, -0.1) is 0 Å². The smallest absolute Gasteiger partial charge is 0.293 e. The summed E-state index contributed by atoms with van der Waals surface area (Å²) in [5, 5.41) is 23.5. The Kier molecular flexibility index (Phi) is 5.19. The number of rotatable bonds is 7. The van der Waals surface area contributed by atoms with Crippen molar-refractivity contribution >= 4 is 21.4 Å². The Labute approximate surface area is 155 Å². The van der Waals surface area contributed by atoms with Crippen LogP contribution in [0.5, 0.6) is 0 Å². The summed E-state index contributed by atoms with van der Waals surface area (Å²) in [6.45, 7) is 0.893. The SMILES string of the molecule is NS(=O)(=O)c1ccc(NCc2ccccc2Cn2cccn2)c([N+](=O)[O-])c1. The minimum absolute atomic E-state index is 0.210. The third-order valence-electron chi connectivity index (χ3n) is 3.97. The molecular formula is C17H17N5O4S. The first-order valence-electron chi connectivity index (χ1n) is 7.94. The third-order valence-corrected chi connectivity index (χ3v) is 4.88. The van der Waals surface area contributed by atoms with E-state index >= 15 is 0 Å². The number of nitrogens with one attached hydrogen (secondary N) is 1. The topological polar surface area (TPSA) is 133 Å². The van der Waals surface area contributed by atoms with Crippen molar-refractivity contribution in [1.82, 2.24) is 9.78 Å². The van der Waals surface area contributed by atoms with E-state index in [4.69, 9.17) is 5.14 Å². The van der Waals surface area contributed by atoms with Crippen molar-refractivity contribution in [2.24, 2.45) is 5.14 Å². The summed E-state index contributed by atoms with van der Waals surface area (Å²) in [5.74, 6) is 0. The van der Waals surface area contributed by atoms with Crippen molar-refractivity contribution in [3.63, 3.8) is 0 Å². The maximum atomic E-state index is 11.4. The molecule has 9 nitrogen and oxygen atoms in total. The zero-order chi connectivity index (χ0) is 19.4. The number of benzene rings is 2. The van der Waals surface area contributed by atoms with Gasteiger partial charge in [-0.2, -0.15) is 5.10 Å². The van der Waals surface area contributed by atoms with E-state index < -0.39 is 14.9 Å². The van der Waals surface area contributed by atoms with E-state index in [0.29, 0.717) is 13.1 Å². The van der Waals surface area contributed by atoms with Crippen LogP contribution in [0.25, 0.3) is 0 Å². The molecule has 0 atom stereocenters. The molecule has 3 N–H and O–H groups in total. The molecule has 1 aromatic heterocycles. The summed E-state index contributed by atoms with van der Waals surface area (Å²) < 4.78 is 24.6. The molecule has 0 unspecified atom stereocenters. The van der Waals surface area contributed by atoms with Crippen molar-refractivity contribution in [1.29, 1.82) is 0 Å². The van der Waals surface area contributed by atoms with E-state index in [1.807, 2.05) is 36.5 Å². The van der Waals surface area contributed by atoms with Gasteiger partial charge in [-0.25, -0.2) is 13.6 Å². The number of sulfonamides is 1. The van der Waals surface area contributed by atoms with E-state index in [1.165, 1.54) is 12.1 Å². The molecule has 0 spiro atoms. The molecule has 0 bridgehead atoms. The fourth-order valence-corrected chi connectivity index (χ4v) is 3.17. The molecule has 140 valence electrons. The average molecular weight is 387 g/mol. The van der Waals surface area contributed by atoms with Gasteiger partial charge in [0.15, 0.2) is 0 Å². The van der Waals surface area contributed by atoms with Gasteiger partial charge >= 0.3 is 0 Å². The van der Waals surface area contributed by atoms with Gasteiger partial charge in [-0.05, 0) is 29.3 Å². The van der Waals surface area contributed by atoms with Crippen molar-refractivity contribution in [2.75, 3.05) is 5.32 Å². The molecule has 0 aliphatic carbocycles. The predicted octanol–water partition coefficient (Wildman–Crippen LogP) is 2.10. The minimum atomic E-state index is -4.02. The highest BCUT2D eigenvalue weighted by Crippen LogP contribution is 2.28. The summed E-state index contributed by atoms with van der Waals surface area (Å²) in [7, 11) is -4.02. The molecule has 3 rings (SSSR count). The van der Waals surface area contributed by atoms with Crippen molar-refractivity contribution in [2.45, 2.75) is 18.0 Å². The van der Waals surface area contributed by atoms with Crippen molar-refractivity contribution in [3.8, 4) is 0 Å². The van der Waals surface area contributed by atoms with Crippen LogP contribution in [0, 0.1) is 10.1 Å². The summed E-state index contributed by atoms with van der Waals surface area (Å²) in [6.07, 6.45) is 3.54. The second-order valence-corrected chi connectivity index (χ2v) is 7.37. The quantitative estimate of drug-likeness (QED) is 0.471. The average Bonchev–Trinajstić information content (AvgIpc) is 3.13. The number of nitro benzene ring substituents is 1. The molecule has 0 amide bonds. The van der Waals surface area contributed by atoms with Crippen LogP contribution in [-0.4, -0.2) is 23.1 Å². The number of nitro groups is 1. The van der Waals surface area contributed by atoms with Crippen LogP contribution in [0.3, 0.4) is 0 Å². The molecule has 0 aliphatic rings. The van der Waals surface area contributed by atoms with Gasteiger partial charge in [0, 0.05) is 25.0 Å². The molecule has 0 saturated heterocycles. The van der Waals surface area contributed by atoms with E-state index in [9.17, 15) is 18.5 Å². The number of aromatic nitrogens is 2. The number of anilines is 1. The lowest BCUT2D eigenvalue weighted by Gasteiger charge is -2.12. The van der Waals surface area contributed by atoms with E-state index in [1.54, 1.807) is 10.9 Å². The molecule has 0 fully saturated rings. The van der Waals surface area contributed by atoms with Crippen molar-refractivity contribution < 1.29 is 13.3 Å². The second-order valence-electron chi connectivity index (χ2n) is 5.81. The van der Waals surface area contributed by atoms with Crippen LogP contribution in [0.4, 0.5) is 11.4 Å². The van der Waals surface area contributed by atoms with Gasteiger partial charge in [0.05, 0.1) is 16.4 Å². The minimum Gasteiger partial charge on any atom is -0.375 e. The fourth-order valence-electron chi connectivity index (χ4n) is 2.63. The summed E-state index contributed by atoms with van der Waals surface area (Å²) >= 11 is 0. The molecular weight excluding hydrogens is 370 g/mol. The zero-order valence-electron chi connectivity index (χ0n) is 14.1. The highest BCUT2D eigenvalue weighted by Gasteiger charge is 2.19. The molecule has 1 heterocycles. The first kappa shape index (κ1) is 18.5. The van der Waals surface area contributed by atoms with Crippen LogP contribution < -0.4 is 10.5 Å². The Morgan fingerprint density at radius 2 is 1.89 bits per heavy atom. The summed E-state index contributed by atoms with van der Waals surface area (Å²) in [5.41, 5.74) is 1.81. The van der Waals surface area contributed by atoms with Gasteiger partial charge in [-0.3, -0.25) is 14.8 Å². The molecule has 27 heavy (non-hydrogen) atoms. The van der Waals surface area contributed by atoms with Crippen LogP contribution in [0.2, 0.25) is 0 Å². The van der Waals surface area contributed by atoms with Gasteiger partial charge in [0.25, 0.3) is 5.69 Å². The first-order chi connectivity index (χ1) is 12.8. The molecule has 0 radical (unpaired) electrons. The lowest BCUT2D eigenvalue weighted by atomic mass is 10.1. The van der Waals surface area contributed by atoms with E-state index in [0.717, 1.165) is 17.2 Å². The number of hydrogen-bond acceptors (Lipinski definition) is 6. The molecule has 2 aromatic carbocycles. The molecule has 0 saturated carbocycles. The van der Waals surface area contributed by atoms with Gasteiger partial charge < -0.3 is 5.32 Å². The monoisotopic (exact) mass is 387 g/mol. The maximum Gasteiger partial charge on any atom is 0.293 e. The Bertz CT molecular complexity index is 1060. The highest BCUT2D eigenvalue weighted by atomic mass is 32.2. The molecule has 10 heteroatoms. The van der Waals surface area contributed by atoms with Crippen LogP contribution in [0.15, 0.2) is 65.8 Å². The van der Waals surface area contributed by atoms with Crippen molar-refractivity contribution in [3.05, 3.63) is 82.2 Å². The number of nitrogens with two attached hydrogens (primary N) is 1.